The van der Waals surface area contributed by atoms with E-state index in [4.69, 9.17) is 0 Å². The van der Waals surface area contributed by atoms with Crippen LogP contribution < -0.4 is 10.6 Å². The highest BCUT2D eigenvalue weighted by Gasteiger charge is 2.34. The number of carbonyl (C=O) groups excluding carboxylic acids is 3. The highest BCUT2D eigenvalue weighted by atomic mass is 79.9. The summed E-state index contributed by atoms with van der Waals surface area (Å²) in [5, 5.41) is 14.3. The molecule has 8 heteroatoms. The lowest BCUT2D eigenvalue weighted by Gasteiger charge is -2.12. The zero-order valence-electron chi connectivity index (χ0n) is 13.4. The van der Waals surface area contributed by atoms with Gasteiger partial charge in [-0.05, 0) is 48.0 Å². The van der Waals surface area contributed by atoms with E-state index in [2.05, 4.69) is 26.6 Å². The van der Waals surface area contributed by atoms with Crippen molar-refractivity contribution in [3.05, 3.63) is 64.3 Å². The maximum absolute atomic E-state index is 12.4. The molecule has 0 aliphatic carbocycles. The summed E-state index contributed by atoms with van der Waals surface area (Å²) in [6.07, 6.45) is 1.54. The molecule has 0 unspecified atom stereocenters. The molecule has 1 fully saturated rings. The molecule has 1 aliphatic heterocycles. The van der Waals surface area contributed by atoms with E-state index in [0.29, 0.717) is 5.69 Å². The zero-order valence-corrected chi connectivity index (χ0v) is 15.0. The summed E-state index contributed by atoms with van der Waals surface area (Å²) < 4.78 is 0.841. The van der Waals surface area contributed by atoms with Crippen LogP contribution in [0.25, 0.3) is 6.08 Å². The Kier molecular flexibility index (Phi) is 5.04. The van der Waals surface area contributed by atoms with Crippen molar-refractivity contribution in [2.75, 3.05) is 11.9 Å². The maximum atomic E-state index is 12.4. The Morgan fingerprint density at radius 3 is 2.62 bits per heavy atom. The molecule has 0 atom stereocenters. The molecule has 2 aromatic rings. The number of halogens is 1. The fourth-order valence-corrected chi connectivity index (χ4v) is 2.78. The highest BCUT2D eigenvalue weighted by Crippen LogP contribution is 2.18. The minimum Gasteiger partial charge on any atom is -0.508 e. The van der Waals surface area contributed by atoms with Crippen molar-refractivity contribution in [1.29, 1.82) is 0 Å². The van der Waals surface area contributed by atoms with Crippen LogP contribution >= 0.6 is 15.9 Å². The van der Waals surface area contributed by atoms with Gasteiger partial charge in [0.1, 0.15) is 18.0 Å². The topological polar surface area (TPSA) is 98.7 Å². The molecule has 1 saturated heterocycles. The van der Waals surface area contributed by atoms with Gasteiger partial charge in [-0.15, -0.1) is 0 Å². The van der Waals surface area contributed by atoms with Crippen LogP contribution in [0.2, 0.25) is 0 Å². The zero-order chi connectivity index (χ0) is 18.7. The number of benzene rings is 2. The molecule has 26 heavy (non-hydrogen) atoms. The van der Waals surface area contributed by atoms with Crippen LogP contribution in [-0.4, -0.2) is 34.4 Å². The molecular formula is C18H14BrN3O4. The van der Waals surface area contributed by atoms with E-state index in [9.17, 15) is 19.5 Å². The maximum Gasteiger partial charge on any atom is 0.329 e. The minimum absolute atomic E-state index is 0.0689. The number of anilines is 1. The average Bonchev–Trinajstić information content (AvgIpc) is 2.84. The molecule has 2 aromatic carbocycles. The third-order valence-electron chi connectivity index (χ3n) is 3.57. The molecule has 4 amide bonds. The molecule has 3 N–H and O–H groups in total. The number of phenols is 1. The van der Waals surface area contributed by atoms with Crippen LogP contribution in [0.3, 0.4) is 0 Å². The summed E-state index contributed by atoms with van der Waals surface area (Å²) in [6.45, 7) is -0.415. The number of hydrogen-bond donors (Lipinski definition) is 3. The van der Waals surface area contributed by atoms with Crippen molar-refractivity contribution in [2.45, 2.75) is 0 Å². The Morgan fingerprint density at radius 1 is 1.19 bits per heavy atom. The summed E-state index contributed by atoms with van der Waals surface area (Å²) in [5.41, 5.74) is 1.29. The van der Waals surface area contributed by atoms with Crippen molar-refractivity contribution in [3.8, 4) is 5.75 Å². The van der Waals surface area contributed by atoms with E-state index in [-0.39, 0.29) is 11.4 Å². The SMILES string of the molecule is O=C(CN1C(=O)N/C(=C\c2cccc(Br)c2)C1=O)Nc1ccc(O)cc1. The van der Waals surface area contributed by atoms with Gasteiger partial charge in [-0.2, -0.15) is 0 Å². The third kappa shape index (κ3) is 4.09. The number of nitrogens with one attached hydrogen (secondary N) is 2. The molecular weight excluding hydrogens is 402 g/mol. The summed E-state index contributed by atoms with van der Waals surface area (Å²) >= 11 is 3.34. The van der Waals surface area contributed by atoms with E-state index in [1.54, 1.807) is 24.3 Å². The van der Waals surface area contributed by atoms with Gasteiger partial charge in [-0.1, -0.05) is 28.1 Å². The smallest absolute Gasteiger partial charge is 0.329 e. The normalized spacial score (nSPS) is 15.3. The molecule has 1 aliphatic rings. The van der Waals surface area contributed by atoms with Crippen LogP contribution in [-0.2, 0) is 9.59 Å². The molecule has 0 aromatic heterocycles. The van der Waals surface area contributed by atoms with Crippen molar-refractivity contribution >= 4 is 45.5 Å². The van der Waals surface area contributed by atoms with Crippen LogP contribution in [0.15, 0.2) is 58.7 Å². The summed E-state index contributed by atoms with van der Waals surface area (Å²) in [5.74, 6) is -1.03. The predicted octanol–water partition coefficient (Wildman–Crippen LogP) is 2.69. The van der Waals surface area contributed by atoms with Gasteiger partial charge in [0.15, 0.2) is 0 Å². The lowest BCUT2D eigenvalue weighted by Crippen LogP contribution is -2.38. The van der Waals surface area contributed by atoms with Gasteiger partial charge in [0.25, 0.3) is 5.91 Å². The Morgan fingerprint density at radius 2 is 1.92 bits per heavy atom. The van der Waals surface area contributed by atoms with Gasteiger partial charge in [0, 0.05) is 10.2 Å². The molecule has 3 rings (SSSR count). The molecule has 0 saturated carbocycles. The van der Waals surface area contributed by atoms with E-state index in [0.717, 1.165) is 14.9 Å². The van der Waals surface area contributed by atoms with Gasteiger partial charge < -0.3 is 15.7 Å². The van der Waals surface area contributed by atoms with Crippen LogP contribution in [0.5, 0.6) is 5.75 Å². The number of amides is 4. The van der Waals surface area contributed by atoms with Crippen LogP contribution in [0, 0.1) is 0 Å². The standard InChI is InChI=1S/C18H14BrN3O4/c19-12-3-1-2-11(8-12)9-15-17(25)22(18(26)21-15)10-16(24)20-13-4-6-14(23)7-5-13/h1-9,23H,10H2,(H,20,24)(H,21,26)/b15-9-. The lowest BCUT2D eigenvalue weighted by atomic mass is 10.2. The molecule has 1 heterocycles. The minimum atomic E-state index is -0.655. The van der Waals surface area contributed by atoms with Crippen molar-refractivity contribution in [2.24, 2.45) is 0 Å². The quantitative estimate of drug-likeness (QED) is 0.406. The number of nitrogens with zero attached hydrogens (tertiary/aromatic N) is 1. The number of urea groups is 1. The van der Waals surface area contributed by atoms with E-state index in [1.807, 2.05) is 6.07 Å². The van der Waals surface area contributed by atoms with E-state index < -0.39 is 24.4 Å². The number of imide groups is 1. The Labute approximate surface area is 157 Å². The van der Waals surface area contributed by atoms with E-state index >= 15 is 0 Å². The highest BCUT2D eigenvalue weighted by molar-refractivity contribution is 9.10. The lowest BCUT2D eigenvalue weighted by molar-refractivity contribution is -0.127. The number of aromatic hydroxyl groups is 1. The number of rotatable bonds is 4. The molecule has 0 radical (unpaired) electrons. The van der Waals surface area contributed by atoms with Crippen molar-refractivity contribution in [3.63, 3.8) is 0 Å². The predicted molar refractivity (Wildman–Crippen MR) is 99.1 cm³/mol. The van der Waals surface area contributed by atoms with E-state index in [1.165, 1.54) is 24.3 Å². The van der Waals surface area contributed by atoms with Gasteiger partial charge in [-0.3, -0.25) is 9.59 Å². The summed E-state index contributed by atoms with van der Waals surface area (Å²) in [4.78, 5) is 37.3. The monoisotopic (exact) mass is 415 g/mol. The summed E-state index contributed by atoms with van der Waals surface area (Å²) in [6, 6.07) is 12.4. The average molecular weight is 416 g/mol. The number of carbonyl (C=O) groups is 3. The number of hydrogen-bond acceptors (Lipinski definition) is 4. The molecule has 7 nitrogen and oxygen atoms in total. The first kappa shape index (κ1) is 17.7. The van der Waals surface area contributed by atoms with Gasteiger partial charge in [-0.25, -0.2) is 9.69 Å². The third-order valence-corrected chi connectivity index (χ3v) is 4.07. The van der Waals surface area contributed by atoms with Gasteiger partial charge in [0.2, 0.25) is 5.91 Å². The fourth-order valence-electron chi connectivity index (χ4n) is 2.37. The second-order valence-corrected chi connectivity index (χ2v) is 6.45. The van der Waals surface area contributed by atoms with Gasteiger partial charge >= 0.3 is 6.03 Å². The van der Waals surface area contributed by atoms with Crippen molar-refractivity contribution < 1.29 is 19.5 Å². The molecule has 0 bridgehead atoms. The second kappa shape index (κ2) is 7.40. The van der Waals surface area contributed by atoms with Crippen molar-refractivity contribution in [1.82, 2.24) is 10.2 Å². The molecule has 132 valence electrons. The first-order valence-electron chi connectivity index (χ1n) is 7.61. The Hall–Kier alpha value is -3.13. The number of phenolic OH excluding ortho intramolecular Hbond substituents is 1. The van der Waals surface area contributed by atoms with Crippen LogP contribution in [0.4, 0.5) is 10.5 Å². The second-order valence-electron chi connectivity index (χ2n) is 5.53. The Balaban J connectivity index is 1.69. The Bertz CT molecular complexity index is 909. The van der Waals surface area contributed by atoms with Gasteiger partial charge in [0.05, 0.1) is 0 Å². The largest absolute Gasteiger partial charge is 0.508 e. The molecule has 0 spiro atoms. The van der Waals surface area contributed by atoms with Crippen LogP contribution in [0.1, 0.15) is 5.56 Å². The fraction of sp³-hybridized carbons (Fsp3) is 0.0556. The first-order chi connectivity index (χ1) is 12.4. The summed E-state index contributed by atoms with van der Waals surface area (Å²) in [7, 11) is 0. The first-order valence-corrected chi connectivity index (χ1v) is 8.41.